The Morgan fingerprint density at radius 1 is 1.20 bits per heavy atom. The van der Waals surface area contributed by atoms with E-state index < -0.39 is 0 Å². The summed E-state index contributed by atoms with van der Waals surface area (Å²) in [5.74, 6) is 0.406. The van der Waals surface area contributed by atoms with Gasteiger partial charge >= 0.3 is 0 Å². The van der Waals surface area contributed by atoms with Gasteiger partial charge in [-0.3, -0.25) is 4.79 Å². The van der Waals surface area contributed by atoms with Gasteiger partial charge in [0.05, 0.1) is 7.11 Å². The van der Waals surface area contributed by atoms with Crippen molar-refractivity contribution < 1.29 is 9.53 Å². The number of anilines is 1. The number of nitrogens with one attached hydrogen (secondary N) is 1. The van der Waals surface area contributed by atoms with Crippen LogP contribution in [0.4, 0.5) is 5.69 Å². The number of carbonyl (C=O) groups excluding carboxylic acids is 1. The van der Waals surface area contributed by atoms with Gasteiger partial charge < -0.3 is 15.0 Å². The highest BCUT2D eigenvalue weighted by atomic mass is 16.5. The van der Waals surface area contributed by atoms with Crippen molar-refractivity contribution in [3.8, 4) is 5.88 Å². The molecular weight excluding hydrogens is 314 g/mol. The third kappa shape index (κ3) is 4.10. The zero-order valence-corrected chi connectivity index (χ0v) is 15.1. The molecule has 1 amide bonds. The van der Waals surface area contributed by atoms with Crippen LogP contribution in [-0.2, 0) is 0 Å². The van der Waals surface area contributed by atoms with Crippen molar-refractivity contribution >= 4 is 11.6 Å². The van der Waals surface area contributed by atoms with Gasteiger partial charge in [-0.25, -0.2) is 4.98 Å². The fraction of sp³-hybridized carbons (Fsp3) is 0.400. The van der Waals surface area contributed by atoms with E-state index in [4.69, 9.17) is 4.74 Å². The molecule has 132 valence electrons. The van der Waals surface area contributed by atoms with E-state index in [0.29, 0.717) is 17.5 Å². The zero-order chi connectivity index (χ0) is 17.8. The molecule has 0 spiro atoms. The number of carbonyl (C=O) groups is 1. The second-order valence-electron chi connectivity index (χ2n) is 6.59. The highest BCUT2D eigenvalue weighted by molar-refractivity contribution is 5.96. The Kier molecular flexibility index (Phi) is 5.22. The van der Waals surface area contributed by atoms with Gasteiger partial charge in [-0.15, -0.1) is 0 Å². The molecule has 5 nitrogen and oxygen atoms in total. The first kappa shape index (κ1) is 17.3. The predicted octanol–water partition coefficient (Wildman–Crippen LogP) is 3.42. The lowest BCUT2D eigenvalue weighted by Gasteiger charge is -2.33. The molecule has 2 heterocycles. The fourth-order valence-corrected chi connectivity index (χ4v) is 3.22. The summed E-state index contributed by atoms with van der Waals surface area (Å²) in [5.41, 5.74) is 3.78. The maximum absolute atomic E-state index is 12.8. The quantitative estimate of drug-likeness (QED) is 0.927. The molecule has 0 atom stereocenters. The van der Waals surface area contributed by atoms with E-state index in [0.717, 1.165) is 37.3 Å². The number of nitrogens with zero attached hydrogens (tertiary/aromatic N) is 2. The maximum Gasteiger partial charge on any atom is 0.259 e. The van der Waals surface area contributed by atoms with Crippen molar-refractivity contribution in [1.29, 1.82) is 0 Å². The zero-order valence-electron chi connectivity index (χ0n) is 15.1. The molecular formula is C20H25N3O2. The molecule has 2 aromatic rings. The summed E-state index contributed by atoms with van der Waals surface area (Å²) >= 11 is 0. The second-order valence-corrected chi connectivity index (χ2v) is 6.59. The molecule has 1 aliphatic rings. The molecule has 1 saturated heterocycles. The van der Waals surface area contributed by atoms with Gasteiger partial charge in [0, 0.05) is 30.5 Å². The van der Waals surface area contributed by atoms with Crippen LogP contribution in [0, 0.1) is 13.8 Å². The Hall–Kier alpha value is -2.56. The molecule has 3 rings (SSSR count). The standard InChI is InChI=1S/C20H25N3O2/c1-14-5-4-6-17(13-14)22-16-9-11-23(12-10-16)20(24)18-8-7-15(2)21-19(18)25-3/h4-8,13,16,22H,9-12H2,1-3H3. The number of amides is 1. The molecule has 1 aromatic heterocycles. The van der Waals surface area contributed by atoms with Crippen LogP contribution >= 0.6 is 0 Å². The number of aromatic nitrogens is 1. The van der Waals surface area contributed by atoms with Gasteiger partial charge in [0.25, 0.3) is 5.91 Å². The number of benzene rings is 1. The minimum absolute atomic E-state index is 0.00152. The summed E-state index contributed by atoms with van der Waals surface area (Å²) in [6.45, 7) is 5.45. The van der Waals surface area contributed by atoms with E-state index in [1.165, 1.54) is 5.56 Å². The summed E-state index contributed by atoms with van der Waals surface area (Å²) in [6, 6.07) is 12.4. The van der Waals surface area contributed by atoms with Crippen molar-refractivity contribution in [1.82, 2.24) is 9.88 Å². The number of aryl methyl sites for hydroxylation is 2. The number of piperidine rings is 1. The molecule has 5 heteroatoms. The molecule has 1 aromatic carbocycles. The third-order valence-electron chi connectivity index (χ3n) is 4.59. The molecule has 0 aliphatic carbocycles. The van der Waals surface area contributed by atoms with E-state index in [2.05, 4.69) is 41.5 Å². The van der Waals surface area contributed by atoms with E-state index in [1.54, 1.807) is 13.2 Å². The van der Waals surface area contributed by atoms with Crippen LogP contribution in [0.25, 0.3) is 0 Å². The van der Waals surface area contributed by atoms with Crippen LogP contribution in [0.15, 0.2) is 36.4 Å². The van der Waals surface area contributed by atoms with Crippen LogP contribution in [-0.4, -0.2) is 42.0 Å². The average Bonchev–Trinajstić information content (AvgIpc) is 2.61. The van der Waals surface area contributed by atoms with E-state index in [-0.39, 0.29) is 5.91 Å². The number of hydrogen-bond donors (Lipinski definition) is 1. The van der Waals surface area contributed by atoms with Crippen LogP contribution < -0.4 is 10.1 Å². The lowest BCUT2D eigenvalue weighted by atomic mass is 10.0. The highest BCUT2D eigenvalue weighted by Crippen LogP contribution is 2.22. The van der Waals surface area contributed by atoms with Crippen LogP contribution in [0.5, 0.6) is 5.88 Å². The molecule has 25 heavy (non-hydrogen) atoms. The minimum Gasteiger partial charge on any atom is -0.480 e. The molecule has 0 saturated carbocycles. The lowest BCUT2D eigenvalue weighted by molar-refractivity contribution is 0.0714. The topological polar surface area (TPSA) is 54.5 Å². The molecule has 0 unspecified atom stereocenters. The van der Waals surface area contributed by atoms with E-state index in [9.17, 15) is 4.79 Å². The number of hydrogen-bond acceptors (Lipinski definition) is 4. The Morgan fingerprint density at radius 2 is 1.96 bits per heavy atom. The summed E-state index contributed by atoms with van der Waals surface area (Å²) in [6.07, 6.45) is 1.86. The summed E-state index contributed by atoms with van der Waals surface area (Å²) in [4.78, 5) is 19.0. The molecule has 1 fully saturated rings. The molecule has 0 bridgehead atoms. The Morgan fingerprint density at radius 3 is 2.64 bits per heavy atom. The number of ether oxygens (including phenoxy) is 1. The molecule has 1 N–H and O–H groups in total. The van der Waals surface area contributed by atoms with E-state index >= 15 is 0 Å². The van der Waals surface area contributed by atoms with Crippen molar-refractivity contribution in [2.24, 2.45) is 0 Å². The highest BCUT2D eigenvalue weighted by Gasteiger charge is 2.26. The maximum atomic E-state index is 12.8. The van der Waals surface area contributed by atoms with Crippen LogP contribution in [0.3, 0.4) is 0 Å². The SMILES string of the molecule is COc1nc(C)ccc1C(=O)N1CCC(Nc2cccc(C)c2)CC1. The van der Waals surface area contributed by atoms with Gasteiger partial charge in [-0.2, -0.15) is 0 Å². The van der Waals surface area contributed by atoms with Crippen molar-refractivity contribution in [2.45, 2.75) is 32.7 Å². The van der Waals surface area contributed by atoms with Gasteiger partial charge in [0.2, 0.25) is 5.88 Å². The number of methoxy groups -OCH3 is 1. The van der Waals surface area contributed by atoms with Crippen molar-refractivity contribution in [3.05, 3.63) is 53.2 Å². The first-order valence-corrected chi connectivity index (χ1v) is 8.71. The predicted molar refractivity (Wildman–Crippen MR) is 99.3 cm³/mol. The smallest absolute Gasteiger partial charge is 0.259 e. The van der Waals surface area contributed by atoms with Gasteiger partial charge in [0.1, 0.15) is 5.56 Å². The summed E-state index contributed by atoms with van der Waals surface area (Å²) in [7, 11) is 1.55. The van der Waals surface area contributed by atoms with Crippen molar-refractivity contribution in [2.75, 3.05) is 25.5 Å². The fourth-order valence-electron chi connectivity index (χ4n) is 3.22. The number of pyridine rings is 1. The van der Waals surface area contributed by atoms with Crippen LogP contribution in [0.2, 0.25) is 0 Å². The second kappa shape index (κ2) is 7.55. The third-order valence-corrected chi connectivity index (χ3v) is 4.59. The van der Waals surface area contributed by atoms with Crippen molar-refractivity contribution in [3.63, 3.8) is 0 Å². The number of likely N-dealkylation sites (tertiary alicyclic amines) is 1. The first-order chi connectivity index (χ1) is 12.1. The van der Waals surface area contributed by atoms with Gasteiger partial charge in [0.15, 0.2) is 0 Å². The van der Waals surface area contributed by atoms with E-state index in [1.807, 2.05) is 17.9 Å². The van der Waals surface area contributed by atoms with Gasteiger partial charge in [-0.1, -0.05) is 12.1 Å². The Labute approximate surface area is 149 Å². The molecule has 0 radical (unpaired) electrons. The largest absolute Gasteiger partial charge is 0.480 e. The monoisotopic (exact) mass is 339 g/mol. The van der Waals surface area contributed by atoms with Gasteiger partial charge in [-0.05, 0) is 56.5 Å². The first-order valence-electron chi connectivity index (χ1n) is 8.71. The summed E-state index contributed by atoms with van der Waals surface area (Å²) in [5, 5.41) is 3.58. The number of rotatable bonds is 4. The average molecular weight is 339 g/mol. The normalized spacial score (nSPS) is 15.1. The Balaban J connectivity index is 1.61. The lowest BCUT2D eigenvalue weighted by Crippen LogP contribution is -2.42. The van der Waals surface area contributed by atoms with Crippen LogP contribution in [0.1, 0.15) is 34.5 Å². The summed E-state index contributed by atoms with van der Waals surface area (Å²) < 4.78 is 5.28. The molecule has 1 aliphatic heterocycles. The minimum atomic E-state index is -0.00152. The Bertz CT molecular complexity index is 752.